The van der Waals surface area contributed by atoms with Crippen LogP contribution in [-0.2, 0) is 10.3 Å². The van der Waals surface area contributed by atoms with E-state index in [0.29, 0.717) is 36.8 Å². The number of pyridine rings is 1. The first-order valence-corrected chi connectivity index (χ1v) is 8.12. The van der Waals surface area contributed by atoms with E-state index in [0.717, 1.165) is 11.6 Å². The molecule has 0 unspecified atom stereocenters. The van der Waals surface area contributed by atoms with Crippen molar-refractivity contribution in [1.29, 1.82) is 0 Å². The molecule has 2 aromatic rings. The van der Waals surface area contributed by atoms with E-state index in [1.54, 1.807) is 6.07 Å². The van der Waals surface area contributed by atoms with Gasteiger partial charge in [-0.2, -0.15) is 0 Å². The second-order valence-electron chi connectivity index (χ2n) is 5.90. The van der Waals surface area contributed by atoms with Gasteiger partial charge < -0.3 is 9.47 Å². The van der Waals surface area contributed by atoms with E-state index >= 15 is 0 Å². The van der Waals surface area contributed by atoms with Crippen molar-refractivity contribution >= 4 is 17.3 Å². The van der Waals surface area contributed by atoms with Crippen LogP contribution in [-0.4, -0.2) is 23.1 Å². The molecule has 0 amide bonds. The zero-order valence-corrected chi connectivity index (χ0v) is 14.3. The van der Waals surface area contributed by atoms with Gasteiger partial charge in [0.05, 0.1) is 34.9 Å². The van der Waals surface area contributed by atoms with E-state index in [2.05, 4.69) is 4.98 Å². The van der Waals surface area contributed by atoms with Crippen molar-refractivity contribution in [3.8, 4) is 5.75 Å². The summed E-state index contributed by atoms with van der Waals surface area (Å²) < 4.78 is 25.8. The third kappa shape index (κ3) is 3.57. The van der Waals surface area contributed by atoms with Gasteiger partial charge >= 0.3 is 0 Å². The Morgan fingerprint density at radius 2 is 2.08 bits per heavy atom. The Kier molecular flexibility index (Phi) is 4.87. The largest absolute Gasteiger partial charge is 0.478 e. The summed E-state index contributed by atoms with van der Waals surface area (Å²) in [5, 5.41) is 11.3. The highest BCUT2D eigenvalue weighted by Crippen LogP contribution is 2.39. The predicted molar refractivity (Wildman–Crippen MR) is 89.4 cm³/mol. The lowest BCUT2D eigenvalue weighted by Crippen LogP contribution is -2.41. The van der Waals surface area contributed by atoms with Crippen LogP contribution in [0.25, 0.3) is 0 Å². The SMILES string of the molecule is Cc1cc(Cl)cnc1C1(Oc2ccc([N+](=O)[O-])cc2F)CCOCC1. The van der Waals surface area contributed by atoms with E-state index in [1.807, 2.05) is 6.92 Å². The second-order valence-corrected chi connectivity index (χ2v) is 6.34. The van der Waals surface area contributed by atoms with Crippen LogP contribution in [0.1, 0.15) is 24.1 Å². The number of aromatic nitrogens is 1. The van der Waals surface area contributed by atoms with Crippen LogP contribution in [0.4, 0.5) is 10.1 Å². The van der Waals surface area contributed by atoms with E-state index in [9.17, 15) is 14.5 Å². The Labute approximate surface area is 148 Å². The molecule has 6 nitrogen and oxygen atoms in total. The van der Waals surface area contributed by atoms with Gasteiger partial charge in [-0.25, -0.2) is 4.39 Å². The molecule has 1 aromatic heterocycles. The zero-order valence-electron chi connectivity index (χ0n) is 13.5. The van der Waals surface area contributed by atoms with Crippen LogP contribution in [0.3, 0.4) is 0 Å². The average molecular weight is 367 g/mol. The topological polar surface area (TPSA) is 74.5 Å². The summed E-state index contributed by atoms with van der Waals surface area (Å²) >= 11 is 5.98. The fraction of sp³-hybridized carbons (Fsp3) is 0.353. The minimum absolute atomic E-state index is 0.0522. The number of ether oxygens (including phenoxy) is 2. The summed E-state index contributed by atoms with van der Waals surface area (Å²) in [6, 6.07) is 5.12. The maximum absolute atomic E-state index is 14.3. The van der Waals surface area contributed by atoms with Gasteiger partial charge in [0.25, 0.3) is 5.69 Å². The second kappa shape index (κ2) is 6.93. The summed E-state index contributed by atoms with van der Waals surface area (Å²) in [6.45, 7) is 2.75. The monoisotopic (exact) mass is 366 g/mol. The summed E-state index contributed by atoms with van der Waals surface area (Å²) in [5.74, 6) is -0.838. The maximum atomic E-state index is 14.3. The third-order valence-corrected chi connectivity index (χ3v) is 4.42. The van der Waals surface area contributed by atoms with Crippen molar-refractivity contribution < 1.29 is 18.8 Å². The highest BCUT2D eigenvalue weighted by atomic mass is 35.5. The highest BCUT2D eigenvalue weighted by Gasteiger charge is 2.40. The molecular weight excluding hydrogens is 351 g/mol. The molecule has 0 atom stereocenters. The van der Waals surface area contributed by atoms with Gasteiger partial charge in [-0.1, -0.05) is 11.6 Å². The molecule has 1 aliphatic heterocycles. The molecule has 25 heavy (non-hydrogen) atoms. The van der Waals surface area contributed by atoms with Crippen LogP contribution in [0.2, 0.25) is 5.02 Å². The quantitative estimate of drug-likeness (QED) is 0.599. The summed E-state index contributed by atoms with van der Waals surface area (Å²) in [6.07, 6.45) is 2.49. The number of non-ortho nitro benzene ring substituents is 1. The maximum Gasteiger partial charge on any atom is 0.272 e. The van der Waals surface area contributed by atoms with Gasteiger partial charge in [-0.3, -0.25) is 15.1 Å². The number of nitro groups is 1. The third-order valence-electron chi connectivity index (χ3n) is 4.21. The number of hydrogen-bond acceptors (Lipinski definition) is 5. The first-order valence-electron chi connectivity index (χ1n) is 7.75. The lowest BCUT2D eigenvalue weighted by molar-refractivity contribution is -0.385. The molecule has 2 heterocycles. The van der Waals surface area contributed by atoms with Gasteiger partial charge in [0.1, 0.15) is 0 Å². The van der Waals surface area contributed by atoms with Gasteiger partial charge in [0, 0.05) is 25.1 Å². The number of aryl methyl sites for hydroxylation is 1. The molecule has 1 fully saturated rings. The molecule has 0 N–H and O–H groups in total. The van der Waals surface area contributed by atoms with Crippen molar-refractivity contribution in [2.45, 2.75) is 25.4 Å². The summed E-state index contributed by atoms with van der Waals surface area (Å²) in [5.41, 5.74) is 0.297. The Hall–Kier alpha value is -2.25. The van der Waals surface area contributed by atoms with E-state index < -0.39 is 16.3 Å². The van der Waals surface area contributed by atoms with Crippen molar-refractivity contribution in [2.24, 2.45) is 0 Å². The van der Waals surface area contributed by atoms with Crippen LogP contribution in [0.15, 0.2) is 30.5 Å². The molecule has 3 rings (SSSR count). The van der Waals surface area contributed by atoms with Crippen LogP contribution in [0, 0.1) is 22.9 Å². The standard InChI is InChI=1S/C17H16ClFN2O4/c1-11-8-12(18)10-20-16(11)17(4-6-24-7-5-17)25-15-3-2-13(21(22)23)9-14(15)19/h2-3,8-10H,4-7H2,1H3. The Bertz CT molecular complexity index is 809. The Balaban J connectivity index is 2.01. The Morgan fingerprint density at radius 3 is 2.68 bits per heavy atom. The number of rotatable bonds is 4. The molecule has 1 saturated heterocycles. The van der Waals surface area contributed by atoms with Gasteiger partial charge in [-0.05, 0) is 24.6 Å². The molecular formula is C17H16ClFN2O4. The lowest BCUT2D eigenvalue weighted by Gasteiger charge is -2.38. The Morgan fingerprint density at radius 1 is 1.36 bits per heavy atom. The molecule has 1 aliphatic rings. The van der Waals surface area contributed by atoms with E-state index in [4.69, 9.17) is 21.1 Å². The molecule has 132 valence electrons. The molecule has 1 aromatic carbocycles. The lowest BCUT2D eigenvalue weighted by atomic mass is 9.87. The van der Waals surface area contributed by atoms with Crippen LogP contribution >= 0.6 is 11.6 Å². The van der Waals surface area contributed by atoms with Crippen molar-refractivity contribution in [3.05, 3.63) is 62.7 Å². The first kappa shape index (κ1) is 17.6. The predicted octanol–water partition coefficient (Wildman–Crippen LogP) is 4.18. The molecule has 0 saturated carbocycles. The minimum Gasteiger partial charge on any atom is -0.478 e. The average Bonchev–Trinajstić information content (AvgIpc) is 2.57. The number of benzene rings is 1. The number of nitro benzene ring substituents is 1. The molecule has 8 heteroatoms. The molecule has 0 bridgehead atoms. The summed E-state index contributed by atoms with van der Waals surface area (Å²) in [7, 11) is 0. The van der Waals surface area contributed by atoms with Gasteiger partial charge in [-0.15, -0.1) is 0 Å². The van der Waals surface area contributed by atoms with Gasteiger partial charge in [0.2, 0.25) is 0 Å². The van der Waals surface area contributed by atoms with Crippen molar-refractivity contribution in [2.75, 3.05) is 13.2 Å². The normalized spacial score (nSPS) is 16.4. The smallest absolute Gasteiger partial charge is 0.272 e. The van der Waals surface area contributed by atoms with Crippen LogP contribution in [0.5, 0.6) is 5.75 Å². The fourth-order valence-electron chi connectivity index (χ4n) is 3.00. The molecule has 0 radical (unpaired) electrons. The molecule has 0 aliphatic carbocycles. The zero-order chi connectivity index (χ0) is 18.0. The van der Waals surface area contributed by atoms with Gasteiger partial charge in [0.15, 0.2) is 17.2 Å². The van der Waals surface area contributed by atoms with Crippen molar-refractivity contribution in [3.63, 3.8) is 0 Å². The molecule has 0 spiro atoms. The van der Waals surface area contributed by atoms with Crippen LogP contribution < -0.4 is 4.74 Å². The first-order chi connectivity index (χ1) is 11.9. The highest BCUT2D eigenvalue weighted by molar-refractivity contribution is 6.30. The van der Waals surface area contributed by atoms with E-state index in [1.165, 1.54) is 18.3 Å². The fourth-order valence-corrected chi connectivity index (χ4v) is 3.21. The minimum atomic E-state index is -0.871. The number of hydrogen-bond donors (Lipinski definition) is 0. The van der Waals surface area contributed by atoms with Crippen molar-refractivity contribution in [1.82, 2.24) is 4.98 Å². The number of nitrogens with zero attached hydrogens (tertiary/aromatic N) is 2. The summed E-state index contributed by atoms with van der Waals surface area (Å²) in [4.78, 5) is 14.5. The number of halogens is 2. The van der Waals surface area contributed by atoms with E-state index in [-0.39, 0.29) is 11.4 Å².